The van der Waals surface area contributed by atoms with Crippen molar-refractivity contribution in [2.75, 3.05) is 13.1 Å². The quantitative estimate of drug-likeness (QED) is 0.790. The van der Waals surface area contributed by atoms with Gasteiger partial charge < -0.3 is 9.64 Å². The van der Waals surface area contributed by atoms with Gasteiger partial charge in [0.05, 0.1) is 0 Å². The number of rotatable bonds is 4. The van der Waals surface area contributed by atoms with Gasteiger partial charge in [0, 0.05) is 19.2 Å². The maximum absolute atomic E-state index is 12.4. The van der Waals surface area contributed by atoms with E-state index in [1.807, 2.05) is 12.1 Å². The molecule has 1 aromatic heterocycles. The predicted molar refractivity (Wildman–Crippen MR) is 83.2 cm³/mol. The van der Waals surface area contributed by atoms with Crippen LogP contribution in [0, 0.1) is 0 Å². The third-order valence-electron chi connectivity index (χ3n) is 4.18. The van der Waals surface area contributed by atoms with Crippen molar-refractivity contribution in [2.45, 2.75) is 24.9 Å². The fourth-order valence-electron chi connectivity index (χ4n) is 2.79. The predicted octanol–water partition coefficient (Wildman–Crippen LogP) is 3.62. The fourth-order valence-corrected chi connectivity index (χ4v) is 2.79. The largest absolute Gasteiger partial charge is 0.438 e. The molecule has 8 heteroatoms. The summed E-state index contributed by atoms with van der Waals surface area (Å²) in [6, 6.07) is 9.32. The summed E-state index contributed by atoms with van der Waals surface area (Å²) in [4.78, 5) is 12.5. The zero-order valence-corrected chi connectivity index (χ0v) is 13.2. The number of piperidine rings is 1. The smallest absolute Gasteiger partial charge is 0.435 e. The summed E-state index contributed by atoms with van der Waals surface area (Å²) >= 11 is 0. The highest BCUT2D eigenvalue weighted by atomic mass is 19.4. The summed E-state index contributed by atoms with van der Waals surface area (Å²) in [5.74, 6) is 0.860. The monoisotopic (exact) mass is 351 g/mol. The first-order valence-corrected chi connectivity index (χ1v) is 7.84. The highest BCUT2D eigenvalue weighted by Gasteiger charge is 2.33. The number of ether oxygens (including phenoxy) is 1. The molecule has 0 N–H and O–H groups in total. The maximum atomic E-state index is 12.4. The van der Waals surface area contributed by atoms with Crippen LogP contribution >= 0.6 is 0 Å². The molecule has 1 fully saturated rings. The van der Waals surface area contributed by atoms with E-state index in [1.54, 1.807) is 17.0 Å². The summed E-state index contributed by atoms with van der Waals surface area (Å²) in [7, 11) is 0. The molecule has 25 heavy (non-hydrogen) atoms. The third kappa shape index (κ3) is 4.26. The molecule has 2 aromatic rings. The Hall–Kier alpha value is -2.64. The minimum Gasteiger partial charge on any atom is -0.438 e. The van der Waals surface area contributed by atoms with Gasteiger partial charge in [-0.15, -0.1) is 10.2 Å². The van der Waals surface area contributed by atoms with E-state index in [2.05, 4.69) is 10.2 Å². The van der Waals surface area contributed by atoms with E-state index >= 15 is 0 Å². The van der Waals surface area contributed by atoms with Crippen LogP contribution in [0.4, 0.5) is 13.2 Å². The van der Waals surface area contributed by atoms with Gasteiger partial charge in [0.2, 0.25) is 12.3 Å². The molecule has 0 atom stereocenters. The number of hydrogen-bond donors (Lipinski definition) is 0. The second kappa shape index (κ2) is 7.08. The van der Waals surface area contributed by atoms with Crippen LogP contribution in [-0.2, 0) is 11.0 Å². The lowest BCUT2D eigenvalue weighted by Crippen LogP contribution is -2.31. The molecule has 3 rings (SSSR count). The van der Waals surface area contributed by atoms with Gasteiger partial charge in [0.15, 0.2) is 5.69 Å². The van der Waals surface area contributed by atoms with E-state index in [9.17, 15) is 18.0 Å². The van der Waals surface area contributed by atoms with Gasteiger partial charge in [-0.25, -0.2) is 0 Å². The molecule has 0 saturated carbocycles. The molecule has 1 saturated heterocycles. The Morgan fingerprint density at radius 1 is 1.04 bits per heavy atom. The number of hydrogen-bond acceptors (Lipinski definition) is 4. The number of likely N-dealkylation sites (tertiary alicyclic amines) is 1. The molecular weight excluding hydrogens is 335 g/mol. The van der Waals surface area contributed by atoms with Crippen molar-refractivity contribution >= 4 is 6.41 Å². The van der Waals surface area contributed by atoms with Crippen molar-refractivity contribution in [2.24, 2.45) is 0 Å². The lowest BCUT2D eigenvalue weighted by molar-refractivity contribution is -0.141. The maximum Gasteiger partial charge on any atom is 0.435 e. The Balaban J connectivity index is 1.62. The number of nitrogens with zero attached hydrogens (tertiary/aromatic N) is 3. The van der Waals surface area contributed by atoms with E-state index in [0.29, 0.717) is 11.7 Å². The van der Waals surface area contributed by atoms with Crippen molar-refractivity contribution < 1.29 is 22.7 Å². The number of carbonyl (C=O) groups excluding carboxylic acids is 1. The first-order chi connectivity index (χ1) is 12.0. The van der Waals surface area contributed by atoms with Crippen LogP contribution in [0.25, 0.3) is 0 Å². The van der Waals surface area contributed by atoms with E-state index in [0.717, 1.165) is 50.0 Å². The van der Waals surface area contributed by atoms with Crippen LogP contribution < -0.4 is 4.74 Å². The molecule has 1 aliphatic heterocycles. The van der Waals surface area contributed by atoms with Crippen molar-refractivity contribution in [3.05, 3.63) is 47.7 Å². The second-order valence-electron chi connectivity index (χ2n) is 5.84. The zero-order chi connectivity index (χ0) is 17.9. The molecule has 132 valence electrons. The van der Waals surface area contributed by atoms with Crippen molar-refractivity contribution in [1.82, 2.24) is 15.1 Å². The van der Waals surface area contributed by atoms with Crippen molar-refractivity contribution in [3.8, 4) is 11.6 Å². The Bertz CT molecular complexity index is 709. The summed E-state index contributed by atoms with van der Waals surface area (Å²) < 4.78 is 42.8. The molecule has 1 aliphatic rings. The van der Waals surface area contributed by atoms with Gasteiger partial charge in [0.25, 0.3) is 0 Å². The average Bonchev–Trinajstić information content (AvgIpc) is 2.62. The van der Waals surface area contributed by atoms with Gasteiger partial charge in [-0.05, 0) is 42.5 Å². The van der Waals surface area contributed by atoms with E-state index < -0.39 is 11.9 Å². The standard InChI is InChI=1S/C17H16F3N3O2/c18-17(19,20)15-5-6-16(22-21-15)25-14-3-1-12(2-4-14)13-7-9-23(11-24)10-8-13/h1-6,11,13H,7-10H2. The van der Waals surface area contributed by atoms with E-state index in [-0.39, 0.29) is 5.88 Å². The molecule has 0 bridgehead atoms. The molecule has 0 aliphatic carbocycles. The number of amides is 1. The van der Waals surface area contributed by atoms with E-state index in [1.165, 1.54) is 0 Å². The molecule has 0 radical (unpaired) electrons. The van der Waals surface area contributed by atoms with Gasteiger partial charge in [0.1, 0.15) is 5.75 Å². The van der Waals surface area contributed by atoms with Crippen molar-refractivity contribution in [3.63, 3.8) is 0 Å². The third-order valence-corrected chi connectivity index (χ3v) is 4.18. The number of aromatic nitrogens is 2. The number of alkyl halides is 3. The highest BCUT2D eigenvalue weighted by molar-refractivity contribution is 5.47. The van der Waals surface area contributed by atoms with Gasteiger partial charge in [-0.3, -0.25) is 4.79 Å². The molecule has 1 amide bonds. The van der Waals surface area contributed by atoms with Crippen LogP contribution in [0.3, 0.4) is 0 Å². The topological polar surface area (TPSA) is 55.3 Å². The Morgan fingerprint density at radius 3 is 2.24 bits per heavy atom. The van der Waals surface area contributed by atoms with Crippen LogP contribution in [0.2, 0.25) is 0 Å². The first-order valence-electron chi connectivity index (χ1n) is 7.84. The molecule has 0 spiro atoms. The summed E-state index contributed by atoms with van der Waals surface area (Å²) in [6.07, 6.45) is -1.84. The van der Waals surface area contributed by atoms with E-state index in [4.69, 9.17) is 4.74 Å². The molecule has 0 unspecified atom stereocenters. The Labute approximate surface area is 142 Å². The number of benzene rings is 1. The lowest BCUT2D eigenvalue weighted by Gasteiger charge is -2.29. The Morgan fingerprint density at radius 2 is 1.72 bits per heavy atom. The normalized spacial score (nSPS) is 15.9. The first kappa shape index (κ1) is 17.2. The van der Waals surface area contributed by atoms with Gasteiger partial charge in [-0.1, -0.05) is 12.1 Å². The highest BCUT2D eigenvalue weighted by Crippen LogP contribution is 2.30. The summed E-state index contributed by atoms with van der Waals surface area (Å²) in [6.45, 7) is 1.49. The number of halogens is 3. The van der Waals surface area contributed by atoms with Crippen molar-refractivity contribution in [1.29, 1.82) is 0 Å². The summed E-state index contributed by atoms with van der Waals surface area (Å²) in [5.41, 5.74) is 0.0910. The van der Waals surface area contributed by atoms with Crippen LogP contribution in [-0.4, -0.2) is 34.6 Å². The lowest BCUT2D eigenvalue weighted by atomic mass is 9.90. The molecule has 1 aromatic carbocycles. The molecule has 2 heterocycles. The molecule has 5 nitrogen and oxygen atoms in total. The number of carbonyl (C=O) groups is 1. The minimum absolute atomic E-state index is 0.0000381. The average molecular weight is 351 g/mol. The minimum atomic E-state index is -4.52. The Kier molecular flexibility index (Phi) is 4.87. The van der Waals surface area contributed by atoms with Crippen LogP contribution in [0.1, 0.15) is 30.0 Å². The fraction of sp³-hybridized carbons (Fsp3) is 0.353. The van der Waals surface area contributed by atoms with Gasteiger partial charge in [-0.2, -0.15) is 13.2 Å². The SMILES string of the molecule is O=CN1CCC(c2ccc(Oc3ccc(C(F)(F)F)nn3)cc2)CC1. The van der Waals surface area contributed by atoms with Crippen LogP contribution in [0.15, 0.2) is 36.4 Å². The summed E-state index contributed by atoms with van der Waals surface area (Å²) in [5, 5.41) is 6.56. The zero-order valence-electron chi connectivity index (χ0n) is 13.2. The van der Waals surface area contributed by atoms with Crippen LogP contribution in [0.5, 0.6) is 11.6 Å². The van der Waals surface area contributed by atoms with Gasteiger partial charge >= 0.3 is 6.18 Å². The second-order valence-corrected chi connectivity index (χ2v) is 5.84. The molecular formula is C17H16F3N3O2.